The van der Waals surface area contributed by atoms with Gasteiger partial charge in [0.05, 0.1) is 0 Å². The maximum absolute atomic E-state index is 10.4. The highest BCUT2D eigenvalue weighted by Gasteiger charge is 2.17. The maximum atomic E-state index is 10.4. The van der Waals surface area contributed by atoms with E-state index in [0.29, 0.717) is 0 Å². The van der Waals surface area contributed by atoms with Crippen molar-refractivity contribution in [1.29, 1.82) is 0 Å². The summed E-state index contributed by atoms with van der Waals surface area (Å²) < 4.78 is 0. The summed E-state index contributed by atoms with van der Waals surface area (Å²) in [5, 5.41) is 17.7. The summed E-state index contributed by atoms with van der Waals surface area (Å²) in [7, 11) is 0. The number of aliphatic carboxylic acids is 1. The predicted molar refractivity (Wildman–Crippen MR) is 53.1 cm³/mol. The van der Waals surface area contributed by atoms with Crippen LogP contribution in [0.4, 0.5) is 0 Å². The molecule has 0 amide bonds. The zero-order chi connectivity index (χ0) is 10.6. The highest BCUT2D eigenvalue weighted by atomic mass is 16.4. The van der Waals surface area contributed by atoms with Crippen molar-refractivity contribution < 1.29 is 15.0 Å². The lowest BCUT2D eigenvalue weighted by Gasteiger charge is -2.13. The third-order valence-electron chi connectivity index (χ3n) is 2.23. The molecule has 0 radical (unpaired) electrons. The van der Waals surface area contributed by atoms with Gasteiger partial charge < -0.3 is 10.2 Å². The number of carboxylic acids is 1. The van der Waals surface area contributed by atoms with E-state index in [0.717, 1.165) is 5.56 Å². The molecule has 0 saturated carbocycles. The van der Waals surface area contributed by atoms with E-state index in [9.17, 15) is 4.79 Å². The summed E-state index contributed by atoms with van der Waals surface area (Å²) >= 11 is 0. The normalized spacial score (nSPS) is 14.7. The van der Waals surface area contributed by atoms with Gasteiger partial charge in [-0.2, -0.15) is 0 Å². The third-order valence-corrected chi connectivity index (χ3v) is 2.23. The molecule has 1 aromatic carbocycles. The molecule has 14 heavy (non-hydrogen) atoms. The van der Waals surface area contributed by atoms with Gasteiger partial charge in [0.25, 0.3) is 0 Å². The summed E-state index contributed by atoms with van der Waals surface area (Å²) in [6.45, 7) is 1.90. The second kappa shape index (κ2) is 4.77. The molecule has 3 heteroatoms. The molecule has 3 nitrogen and oxygen atoms in total. The minimum atomic E-state index is -1.27. The van der Waals surface area contributed by atoms with Crippen LogP contribution in [0, 0.1) is 0 Å². The monoisotopic (exact) mass is 194 g/mol. The van der Waals surface area contributed by atoms with E-state index >= 15 is 0 Å². The molecule has 0 aliphatic rings. The molecule has 1 rings (SSSR count). The fourth-order valence-electron chi connectivity index (χ4n) is 1.35. The number of aliphatic hydroxyl groups excluding tert-OH is 1. The fraction of sp³-hybridized carbons (Fsp3) is 0.364. The van der Waals surface area contributed by atoms with Crippen molar-refractivity contribution in [2.75, 3.05) is 0 Å². The Kier molecular flexibility index (Phi) is 3.65. The molecular weight excluding hydrogens is 180 g/mol. The van der Waals surface area contributed by atoms with Gasteiger partial charge in [0.1, 0.15) is 0 Å². The van der Waals surface area contributed by atoms with Gasteiger partial charge in [0.15, 0.2) is 6.10 Å². The molecule has 1 aromatic rings. The van der Waals surface area contributed by atoms with Gasteiger partial charge in [-0.15, -0.1) is 0 Å². The second-order valence-corrected chi connectivity index (χ2v) is 3.40. The Morgan fingerprint density at radius 3 is 2.43 bits per heavy atom. The van der Waals surface area contributed by atoms with E-state index in [1.165, 1.54) is 0 Å². The Morgan fingerprint density at radius 1 is 1.36 bits per heavy atom. The van der Waals surface area contributed by atoms with Crippen LogP contribution >= 0.6 is 0 Å². The molecule has 0 spiro atoms. The van der Waals surface area contributed by atoms with E-state index in [-0.39, 0.29) is 12.3 Å². The summed E-state index contributed by atoms with van der Waals surface area (Å²) in [4.78, 5) is 10.4. The molecule has 76 valence electrons. The van der Waals surface area contributed by atoms with Gasteiger partial charge in [0.2, 0.25) is 0 Å². The van der Waals surface area contributed by atoms with E-state index in [1.54, 1.807) is 0 Å². The van der Waals surface area contributed by atoms with Gasteiger partial charge in [-0.25, -0.2) is 4.79 Å². The van der Waals surface area contributed by atoms with Crippen molar-refractivity contribution in [2.24, 2.45) is 0 Å². The Hall–Kier alpha value is -1.35. The number of carbonyl (C=O) groups is 1. The number of hydrogen-bond acceptors (Lipinski definition) is 2. The summed E-state index contributed by atoms with van der Waals surface area (Å²) in [5.41, 5.74) is 1.05. The maximum Gasteiger partial charge on any atom is 0.332 e. The fourth-order valence-corrected chi connectivity index (χ4v) is 1.35. The lowest BCUT2D eigenvalue weighted by molar-refractivity contribution is -0.147. The molecule has 0 bridgehead atoms. The number of aliphatic hydroxyl groups is 1. The first-order valence-electron chi connectivity index (χ1n) is 4.57. The van der Waals surface area contributed by atoms with E-state index in [2.05, 4.69) is 0 Å². The smallest absolute Gasteiger partial charge is 0.332 e. The number of benzene rings is 1. The first-order valence-corrected chi connectivity index (χ1v) is 4.57. The molecule has 2 N–H and O–H groups in total. The van der Waals surface area contributed by atoms with Crippen LogP contribution < -0.4 is 0 Å². The highest BCUT2D eigenvalue weighted by molar-refractivity contribution is 5.71. The lowest BCUT2D eigenvalue weighted by atomic mass is 9.95. The Morgan fingerprint density at radius 2 is 1.93 bits per heavy atom. The van der Waals surface area contributed by atoms with Crippen LogP contribution in [0.5, 0.6) is 0 Å². The average Bonchev–Trinajstić information content (AvgIpc) is 2.19. The third kappa shape index (κ3) is 2.85. The summed E-state index contributed by atoms with van der Waals surface area (Å²) in [6, 6.07) is 9.57. The minimum Gasteiger partial charge on any atom is -0.479 e. The van der Waals surface area contributed by atoms with Crippen molar-refractivity contribution in [1.82, 2.24) is 0 Å². The second-order valence-electron chi connectivity index (χ2n) is 3.40. The quantitative estimate of drug-likeness (QED) is 0.765. The summed E-state index contributed by atoms with van der Waals surface area (Å²) in [5.74, 6) is -1.10. The molecule has 0 fully saturated rings. The van der Waals surface area contributed by atoms with Gasteiger partial charge in [0, 0.05) is 0 Å². The molecule has 0 heterocycles. The van der Waals surface area contributed by atoms with Crippen molar-refractivity contribution in [3.8, 4) is 0 Å². The van der Waals surface area contributed by atoms with Crippen LogP contribution in [0.15, 0.2) is 30.3 Å². The molecule has 0 aliphatic heterocycles. The zero-order valence-corrected chi connectivity index (χ0v) is 8.05. The number of rotatable bonds is 4. The average molecular weight is 194 g/mol. The predicted octanol–water partition coefficient (Wildman–Crippen LogP) is 1.63. The minimum absolute atomic E-state index is 0.0577. The Labute approximate surface area is 83.0 Å². The number of carboxylic acid groups (broad SMARTS) is 1. The summed E-state index contributed by atoms with van der Waals surface area (Å²) in [6.07, 6.45) is -1.02. The van der Waals surface area contributed by atoms with Crippen molar-refractivity contribution in [3.63, 3.8) is 0 Å². The molecule has 0 aromatic heterocycles. The van der Waals surface area contributed by atoms with Crippen molar-refractivity contribution in [3.05, 3.63) is 35.9 Å². The van der Waals surface area contributed by atoms with Crippen molar-refractivity contribution >= 4 is 5.97 Å². The number of hydrogen-bond donors (Lipinski definition) is 2. The standard InChI is InChI=1S/C11H14O3/c1-8(7-10(12)11(13)14)9-5-3-2-4-6-9/h2-6,8,10,12H,7H2,1H3,(H,13,14)/t8?,10-/m0/s1. The SMILES string of the molecule is CC(C[C@H](O)C(=O)O)c1ccccc1. The zero-order valence-electron chi connectivity index (χ0n) is 8.05. The van der Waals surface area contributed by atoms with Gasteiger partial charge in [-0.3, -0.25) is 0 Å². The van der Waals surface area contributed by atoms with Crippen LogP contribution in [0.1, 0.15) is 24.8 Å². The van der Waals surface area contributed by atoms with E-state index in [4.69, 9.17) is 10.2 Å². The van der Waals surface area contributed by atoms with Crippen LogP contribution in [0.3, 0.4) is 0 Å². The molecule has 0 aliphatic carbocycles. The van der Waals surface area contributed by atoms with Gasteiger partial charge in [-0.05, 0) is 17.9 Å². The van der Waals surface area contributed by atoms with Crippen LogP contribution in [0.25, 0.3) is 0 Å². The Balaban J connectivity index is 2.59. The first kappa shape index (κ1) is 10.7. The van der Waals surface area contributed by atoms with Gasteiger partial charge >= 0.3 is 5.97 Å². The highest BCUT2D eigenvalue weighted by Crippen LogP contribution is 2.19. The van der Waals surface area contributed by atoms with Crippen molar-refractivity contribution in [2.45, 2.75) is 25.4 Å². The first-order chi connectivity index (χ1) is 6.61. The van der Waals surface area contributed by atoms with E-state index < -0.39 is 12.1 Å². The van der Waals surface area contributed by atoms with Crippen LogP contribution in [-0.2, 0) is 4.79 Å². The van der Waals surface area contributed by atoms with Gasteiger partial charge in [-0.1, -0.05) is 37.3 Å². The lowest BCUT2D eigenvalue weighted by Crippen LogP contribution is -2.21. The molecule has 2 atom stereocenters. The molecule has 1 unspecified atom stereocenters. The Bertz CT molecular complexity index is 295. The topological polar surface area (TPSA) is 57.5 Å². The largest absolute Gasteiger partial charge is 0.479 e. The molecular formula is C11H14O3. The van der Waals surface area contributed by atoms with Crippen LogP contribution in [-0.4, -0.2) is 22.3 Å². The van der Waals surface area contributed by atoms with Crippen LogP contribution in [0.2, 0.25) is 0 Å². The molecule has 0 saturated heterocycles. The van der Waals surface area contributed by atoms with E-state index in [1.807, 2.05) is 37.3 Å².